The number of nitrogens with one attached hydrogen (secondary N) is 1. The maximum absolute atomic E-state index is 6.09. The third kappa shape index (κ3) is 2.06. The van der Waals surface area contributed by atoms with Crippen molar-refractivity contribution in [2.24, 2.45) is 5.73 Å². The van der Waals surface area contributed by atoms with Crippen LogP contribution in [0.3, 0.4) is 0 Å². The Morgan fingerprint density at radius 1 is 1.33 bits per heavy atom. The molecule has 0 saturated carbocycles. The topological polar surface area (TPSA) is 38.0 Å². The van der Waals surface area contributed by atoms with E-state index in [-0.39, 0.29) is 5.54 Å². The van der Waals surface area contributed by atoms with Crippen LogP contribution in [0.5, 0.6) is 0 Å². The third-order valence-electron chi connectivity index (χ3n) is 1.98. The molecule has 0 aliphatic heterocycles. The maximum Gasteiger partial charge on any atom is 0.0507 e. The fourth-order valence-corrected chi connectivity index (χ4v) is 1.29. The van der Waals surface area contributed by atoms with Gasteiger partial charge in [0.05, 0.1) is 5.54 Å². The van der Waals surface area contributed by atoms with E-state index in [0.29, 0.717) is 0 Å². The third-order valence-corrected chi connectivity index (χ3v) is 1.98. The summed E-state index contributed by atoms with van der Waals surface area (Å²) in [6, 6.07) is 10.1. The number of hydrogen-bond donors (Lipinski definition) is 2. The highest BCUT2D eigenvalue weighted by atomic mass is 14.9. The van der Waals surface area contributed by atoms with E-state index in [1.54, 1.807) is 0 Å². The van der Waals surface area contributed by atoms with Gasteiger partial charge in [-0.1, -0.05) is 30.3 Å². The first kappa shape index (κ1) is 9.23. The van der Waals surface area contributed by atoms with Crippen molar-refractivity contribution in [1.29, 1.82) is 0 Å². The predicted molar refractivity (Wildman–Crippen MR) is 51.9 cm³/mol. The van der Waals surface area contributed by atoms with Crippen molar-refractivity contribution < 1.29 is 0 Å². The number of nitrogens with two attached hydrogens (primary N) is 1. The van der Waals surface area contributed by atoms with Crippen LogP contribution in [0.4, 0.5) is 0 Å². The first-order chi connectivity index (χ1) is 5.67. The van der Waals surface area contributed by atoms with E-state index in [1.165, 1.54) is 5.56 Å². The molecule has 2 heteroatoms. The van der Waals surface area contributed by atoms with Crippen molar-refractivity contribution >= 4 is 0 Å². The molecule has 1 atom stereocenters. The zero-order valence-electron chi connectivity index (χ0n) is 7.67. The Bertz CT molecular complexity index is 229. The summed E-state index contributed by atoms with van der Waals surface area (Å²) in [5.74, 6) is 0. The maximum atomic E-state index is 6.09. The molecule has 2 nitrogen and oxygen atoms in total. The van der Waals surface area contributed by atoms with Gasteiger partial charge in [-0.3, -0.25) is 0 Å². The summed E-state index contributed by atoms with van der Waals surface area (Å²) in [5, 5.41) is 3.08. The van der Waals surface area contributed by atoms with Crippen LogP contribution in [0.2, 0.25) is 0 Å². The normalized spacial score (nSPS) is 15.6. The van der Waals surface area contributed by atoms with Crippen molar-refractivity contribution in [3.63, 3.8) is 0 Å². The van der Waals surface area contributed by atoms with Crippen LogP contribution >= 0.6 is 0 Å². The van der Waals surface area contributed by atoms with E-state index in [0.717, 1.165) is 6.54 Å². The molecule has 3 N–H and O–H groups in total. The fourth-order valence-electron chi connectivity index (χ4n) is 1.29. The first-order valence-corrected chi connectivity index (χ1v) is 4.16. The summed E-state index contributed by atoms with van der Waals surface area (Å²) in [6.45, 7) is 2.82. The van der Waals surface area contributed by atoms with Gasteiger partial charge in [-0.15, -0.1) is 0 Å². The Kier molecular flexibility index (Phi) is 2.84. The van der Waals surface area contributed by atoms with Gasteiger partial charge in [0.2, 0.25) is 0 Å². The number of rotatable bonds is 3. The van der Waals surface area contributed by atoms with E-state index >= 15 is 0 Å². The highest BCUT2D eigenvalue weighted by Crippen LogP contribution is 2.15. The summed E-state index contributed by atoms with van der Waals surface area (Å²) in [6.07, 6.45) is 0. The molecule has 1 unspecified atom stereocenters. The second-order valence-corrected chi connectivity index (χ2v) is 3.31. The monoisotopic (exact) mass is 164 g/mol. The molecule has 66 valence electrons. The minimum absolute atomic E-state index is 0.268. The molecule has 1 rings (SSSR count). The Labute approximate surface area is 73.8 Å². The lowest BCUT2D eigenvalue weighted by Crippen LogP contribution is -2.42. The molecule has 12 heavy (non-hydrogen) atoms. The van der Waals surface area contributed by atoms with Crippen LogP contribution in [0.15, 0.2) is 30.3 Å². The zero-order chi connectivity index (χ0) is 9.03. The Morgan fingerprint density at radius 3 is 2.42 bits per heavy atom. The van der Waals surface area contributed by atoms with Crippen molar-refractivity contribution in [2.75, 3.05) is 13.6 Å². The second kappa shape index (κ2) is 3.70. The van der Waals surface area contributed by atoms with Gasteiger partial charge in [0, 0.05) is 6.54 Å². The van der Waals surface area contributed by atoms with Gasteiger partial charge < -0.3 is 11.1 Å². The molecule has 0 radical (unpaired) electrons. The molecule has 0 aliphatic carbocycles. The van der Waals surface area contributed by atoms with Gasteiger partial charge >= 0.3 is 0 Å². The lowest BCUT2D eigenvalue weighted by Gasteiger charge is -2.24. The molecule has 0 saturated heterocycles. The lowest BCUT2D eigenvalue weighted by atomic mass is 9.93. The Hall–Kier alpha value is -0.860. The van der Waals surface area contributed by atoms with Gasteiger partial charge in [0.15, 0.2) is 0 Å². The largest absolute Gasteiger partial charge is 0.321 e. The minimum Gasteiger partial charge on any atom is -0.321 e. The molecule has 0 bridgehead atoms. The fraction of sp³-hybridized carbons (Fsp3) is 0.400. The van der Waals surface area contributed by atoms with Gasteiger partial charge in [0.1, 0.15) is 0 Å². The van der Waals surface area contributed by atoms with E-state index in [4.69, 9.17) is 5.73 Å². The summed E-state index contributed by atoms with van der Waals surface area (Å²) in [7, 11) is 1.91. The van der Waals surface area contributed by atoms with E-state index < -0.39 is 0 Å². The van der Waals surface area contributed by atoms with Crippen molar-refractivity contribution in [3.8, 4) is 0 Å². The molecule has 1 aromatic carbocycles. The Balaban J connectivity index is 2.82. The highest BCUT2D eigenvalue weighted by Gasteiger charge is 2.18. The lowest BCUT2D eigenvalue weighted by molar-refractivity contribution is 0.467. The molecule has 0 spiro atoms. The van der Waals surface area contributed by atoms with Crippen LogP contribution in [0.25, 0.3) is 0 Å². The predicted octanol–water partition coefficient (Wildman–Crippen LogP) is 1.08. The molecule has 1 aromatic rings. The van der Waals surface area contributed by atoms with Crippen LogP contribution in [0, 0.1) is 0 Å². The van der Waals surface area contributed by atoms with Crippen molar-refractivity contribution in [2.45, 2.75) is 12.5 Å². The molecule has 0 amide bonds. The summed E-state index contributed by atoms with van der Waals surface area (Å²) in [5.41, 5.74) is 6.98. The molecule has 0 fully saturated rings. The Morgan fingerprint density at radius 2 is 1.92 bits per heavy atom. The minimum atomic E-state index is -0.268. The van der Waals surface area contributed by atoms with Gasteiger partial charge in [-0.25, -0.2) is 0 Å². The van der Waals surface area contributed by atoms with E-state index in [2.05, 4.69) is 17.4 Å². The van der Waals surface area contributed by atoms with E-state index in [9.17, 15) is 0 Å². The highest BCUT2D eigenvalue weighted by molar-refractivity contribution is 5.23. The average Bonchev–Trinajstić information content (AvgIpc) is 2.06. The molecule has 0 aromatic heterocycles. The summed E-state index contributed by atoms with van der Waals surface area (Å²) >= 11 is 0. The van der Waals surface area contributed by atoms with Gasteiger partial charge in [0.25, 0.3) is 0 Å². The van der Waals surface area contributed by atoms with Gasteiger partial charge in [-0.2, -0.15) is 0 Å². The summed E-state index contributed by atoms with van der Waals surface area (Å²) in [4.78, 5) is 0. The number of likely N-dealkylation sites (N-methyl/N-ethyl adjacent to an activating group) is 1. The standard InChI is InChI=1S/C10H16N2/c1-10(11,8-12-2)9-6-4-3-5-7-9/h3-7,12H,8,11H2,1-2H3. The van der Waals surface area contributed by atoms with Crippen molar-refractivity contribution in [1.82, 2.24) is 5.32 Å². The average molecular weight is 164 g/mol. The van der Waals surface area contributed by atoms with Crippen LogP contribution in [-0.2, 0) is 5.54 Å². The summed E-state index contributed by atoms with van der Waals surface area (Å²) < 4.78 is 0. The second-order valence-electron chi connectivity index (χ2n) is 3.31. The van der Waals surface area contributed by atoms with Crippen LogP contribution in [0.1, 0.15) is 12.5 Å². The van der Waals surface area contributed by atoms with Crippen LogP contribution in [-0.4, -0.2) is 13.6 Å². The van der Waals surface area contributed by atoms with Gasteiger partial charge in [-0.05, 0) is 19.5 Å². The molecular formula is C10H16N2. The number of benzene rings is 1. The smallest absolute Gasteiger partial charge is 0.0507 e. The van der Waals surface area contributed by atoms with Crippen LogP contribution < -0.4 is 11.1 Å². The zero-order valence-corrected chi connectivity index (χ0v) is 7.67. The first-order valence-electron chi connectivity index (χ1n) is 4.16. The number of hydrogen-bond acceptors (Lipinski definition) is 2. The van der Waals surface area contributed by atoms with Crippen molar-refractivity contribution in [3.05, 3.63) is 35.9 Å². The molecule has 0 aliphatic rings. The quantitative estimate of drug-likeness (QED) is 0.701. The molecule has 0 heterocycles. The SMILES string of the molecule is CNCC(C)(N)c1ccccc1. The van der Waals surface area contributed by atoms with E-state index in [1.807, 2.05) is 32.2 Å². The molecular weight excluding hydrogens is 148 g/mol.